The number of sulfonamides is 1. The first-order valence-electron chi connectivity index (χ1n) is 12.1. The van der Waals surface area contributed by atoms with Crippen LogP contribution in [0.2, 0.25) is 0 Å². The van der Waals surface area contributed by atoms with E-state index in [1.807, 2.05) is 6.92 Å². The van der Waals surface area contributed by atoms with Gasteiger partial charge in [-0.25, -0.2) is 13.1 Å². The Bertz CT molecular complexity index is 1210. The second-order valence-corrected chi connectivity index (χ2v) is 11.3. The van der Waals surface area contributed by atoms with Gasteiger partial charge in [-0.2, -0.15) is 0 Å². The third-order valence-corrected chi connectivity index (χ3v) is 8.85. The molecule has 4 atom stereocenters. The zero-order valence-corrected chi connectivity index (χ0v) is 21.6. The molecule has 2 saturated carbocycles. The summed E-state index contributed by atoms with van der Waals surface area (Å²) in [5, 5.41) is 5.21. The van der Waals surface area contributed by atoms with Crippen LogP contribution in [0.15, 0.2) is 47.4 Å². The number of carbonyl (C=O) groups excluding carboxylic acids is 2. The first-order valence-corrected chi connectivity index (χ1v) is 13.6. The van der Waals surface area contributed by atoms with Gasteiger partial charge in [-0.3, -0.25) is 9.59 Å². The zero-order chi connectivity index (χ0) is 25.9. The van der Waals surface area contributed by atoms with Crippen LogP contribution in [0.3, 0.4) is 0 Å². The minimum Gasteiger partial charge on any atom is -0.493 e. The van der Waals surface area contributed by atoms with Gasteiger partial charge in [0.15, 0.2) is 11.5 Å². The Morgan fingerprint density at radius 3 is 2.33 bits per heavy atom. The number of fused-ring (bicyclic) bond motifs is 2. The van der Waals surface area contributed by atoms with E-state index in [1.54, 1.807) is 12.1 Å². The Labute approximate surface area is 212 Å². The maximum Gasteiger partial charge on any atom is 0.251 e. The van der Waals surface area contributed by atoms with Crippen LogP contribution in [0.25, 0.3) is 0 Å². The van der Waals surface area contributed by atoms with Crippen molar-refractivity contribution in [2.75, 3.05) is 26.1 Å². The average molecular weight is 516 g/mol. The van der Waals surface area contributed by atoms with Crippen molar-refractivity contribution in [2.24, 2.45) is 17.8 Å². The lowest BCUT2D eigenvalue weighted by atomic mass is 9.84. The van der Waals surface area contributed by atoms with Crippen LogP contribution in [0.4, 0.5) is 5.69 Å². The number of rotatable bonds is 10. The summed E-state index contributed by atoms with van der Waals surface area (Å²) in [5.74, 6) is 1.78. The fraction of sp³-hybridized carbons (Fsp3) is 0.462. The summed E-state index contributed by atoms with van der Waals surface area (Å²) in [6.45, 7) is 1.70. The predicted molar refractivity (Wildman–Crippen MR) is 136 cm³/mol. The number of methoxy groups -OCH3 is 2. The summed E-state index contributed by atoms with van der Waals surface area (Å²) in [6, 6.07) is 10.6. The largest absolute Gasteiger partial charge is 0.493 e. The molecule has 2 aromatic rings. The van der Waals surface area contributed by atoms with Crippen LogP contribution in [-0.4, -0.2) is 47.0 Å². The molecule has 2 fully saturated rings. The number of benzene rings is 2. The number of hydrogen-bond acceptors (Lipinski definition) is 6. The van der Waals surface area contributed by atoms with E-state index in [1.165, 1.54) is 63.8 Å². The topological polar surface area (TPSA) is 123 Å². The molecule has 0 heterocycles. The lowest BCUT2D eigenvalue weighted by molar-refractivity contribution is -0.115. The molecule has 2 aromatic carbocycles. The molecule has 4 rings (SSSR count). The van der Waals surface area contributed by atoms with E-state index in [0.717, 1.165) is 12.3 Å². The van der Waals surface area contributed by atoms with Crippen LogP contribution in [0, 0.1) is 17.8 Å². The average Bonchev–Trinajstić information content (AvgIpc) is 3.51. The Balaban J connectivity index is 1.28. The van der Waals surface area contributed by atoms with E-state index < -0.39 is 21.8 Å². The standard InChI is InChI=1S/C26H33N3O6S/c1-16(22-13-17-4-5-18(22)12-17)29-36(32,33)21-9-7-20(8-10-21)28-25(30)15-27-26(31)19-6-11-23(34-2)24(14-19)35-3/h6-11,14,16-18,22,29H,4-5,12-13,15H2,1-3H3,(H,27,31)(H,28,30). The molecule has 36 heavy (non-hydrogen) atoms. The summed E-state index contributed by atoms with van der Waals surface area (Å²) in [6.07, 6.45) is 4.79. The third-order valence-electron chi connectivity index (χ3n) is 7.28. The quantitative estimate of drug-likeness (QED) is 0.447. The van der Waals surface area contributed by atoms with Gasteiger partial charge in [-0.05, 0) is 86.4 Å². The van der Waals surface area contributed by atoms with Crippen molar-refractivity contribution in [1.29, 1.82) is 0 Å². The van der Waals surface area contributed by atoms with Gasteiger partial charge in [-0.1, -0.05) is 6.42 Å². The van der Waals surface area contributed by atoms with Gasteiger partial charge in [0.05, 0.1) is 25.7 Å². The number of ether oxygens (including phenoxy) is 2. The highest BCUT2D eigenvalue weighted by molar-refractivity contribution is 7.89. The molecule has 0 aliphatic heterocycles. The molecule has 194 valence electrons. The van der Waals surface area contributed by atoms with E-state index in [4.69, 9.17) is 9.47 Å². The lowest BCUT2D eigenvalue weighted by Gasteiger charge is -2.28. The minimum atomic E-state index is -3.66. The summed E-state index contributed by atoms with van der Waals surface area (Å²) in [5.41, 5.74) is 0.752. The molecule has 0 saturated heterocycles. The van der Waals surface area contributed by atoms with Crippen molar-refractivity contribution < 1.29 is 27.5 Å². The molecule has 2 aliphatic carbocycles. The molecule has 0 radical (unpaired) electrons. The van der Waals surface area contributed by atoms with Crippen molar-refractivity contribution in [3.8, 4) is 11.5 Å². The van der Waals surface area contributed by atoms with Gasteiger partial charge >= 0.3 is 0 Å². The van der Waals surface area contributed by atoms with E-state index in [-0.39, 0.29) is 17.5 Å². The van der Waals surface area contributed by atoms with Crippen molar-refractivity contribution in [1.82, 2.24) is 10.0 Å². The second-order valence-electron chi connectivity index (χ2n) is 9.57. The zero-order valence-electron chi connectivity index (χ0n) is 20.7. The van der Waals surface area contributed by atoms with E-state index in [2.05, 4.69) is 15.4 Å². The highest BCUT2D eigenvalue weighted by Gasteiger charge is 2.42. The fourth-order valence-electron chi connectivity index (χ4n) is 5.47. The van der Waals surface area contributed by atoms with E-state index in [0.29, 0.717) is 34.6 Å². The maximum absolute atomic E-state index is 12.9. The normalized spacial score (nSPS) is 21.6. The summed E-state index contributed by atoms with van der Waals surface area (Å²) in [4.78, 5) is 24.8. The molecular weight excluding hydrogens is 482 g/mol. The van der Waals surface area contributed by atoms with Gasteiger partial charge in [0.25, 0.3) is 5.91 Å². The van der Waals surface area contributed by atoms with E-state index in [9.17, 15) is 18.0 Å². The molecule has 2 bridgehead atoms. The number of amides is 2. The first-order chi connectivity index (χ1) is 17.2. The van der Waals surface area contributed by atoms with Gasteiger partial charge in [0.1, 0.15) is 0 Å². The molecule has 10 heteroatoms. The molecule has 9 nitrogen and oxygen atoms in total. The van der Waals surface area contributed by atoms with Crippen LogP contribution < -0.4 is 24.8 Å². The maximum atomic E-state index is 12.9. The highest BCUT2D eigenvalue weighted by atomic mass is 32.2. The van der Waals surface area contributed by atoms with Crippen molar-refractivity contribution in [3.63, 3.8) is 0 Å². The van der Waals surface area contributed by atoms with Crippen molar-refractivity contribution in [3.05, 3.63) is 48.0 Å². The Kier molecular flexibility index (Phi) is 7.85. The Hall–Kier alpha value is -3.11. The summed E-state index contributed by atoms with van der Waals surface area (Å²) >= 11 is 0. The van der Waals surface area contributed by atoms with Crippen LogP contribution in [-0.2, 0) is 14.8 Å². The van der Waals surface area contributed by atoms with Gasteiger partial charge < -0.3 is 20.1 Å². The molecular formula is C26H33N3O6S. The molecule has 0 aromatic heterocycles. The molecule has 2 aliphatic rings. The summed E-state index contributed by atoms with van der Waals surface area (Å²) < 4.78 is 38.9. The Morgan fingerprint density at radius 2 is 1.72 bits per heavy atom. The van der Waals surface area contributed by atoms with Crippen LogP contribution >= 0.6 is 0 Å². The number of carbonyl (C=O) groups is 2. The SMILES string of the molecule is COc1ccc(C(=O)NCC(=O)Nc2ccc(S(=O)(=O)NC(C)C3CC4CCC3C4)cc2)cc1OC. The van der Waals surface area contributed by atoms with Crippen LogP contribution in [0.5, 0.6) is 11.5 Å². The highest BCUT2D eigenvalue weighted by Crippen LogP contribution is 2.49. The van der Waals surface area contributed by atoms with Gasteiger partial charge in [0, 0.05) is 17.3 Å². The predicted octanol–water partition coefficient (Wildman–Crippen LogP) is 3.18. The minimum absolute atomic E-state index is 0.112. The number of nitrogens with one attached hydrogen (secondary N) is 3. The number of hydrogen-bond donors (Lipinski definition) is 3. The number of anilines is 1. The monoisotopic (exact) mass is 515 g/mol. The van der Waals surface area contributed by atoms with Crippen LogP contribution in [0.1, 0.15) is 43.0 Å². The van der Waals surface area contributed by atoms with E-state index >= 15 is 0 Å². The first kappa shape index (κ1) is 26.0. The molecule has 0 spiro atoms. The fourth-order valence-corrected chi connectivity index (χ4v) is 6.76. The lowest BCUT2D eigenvalue weighted by Crippen LogP contribution is -2.40. The second kappa shape index (κ2) is 10.9. The third kappa shape index (κ3) is 5.82. The smallest absolute Gasteiger partial charge is 0.251 e. The van der Waals surface area contributed by atoms with Gasteiger partial charge in [-0.15, -0.1) is 0 Å². The Morgan fingerprint density at radius 1 is 1.00 bits per heavy atom. The summed E-state index contributed by atoms with van der Waals surface area (Å²) in [7, 11) is -0.689. The van der Waals surface area contributed by atoms with Gasteiger partial charge in [0.2, 0.25) is 15.9 Å². The van der Waals surface area contributed by atoms with Crippen molar-refractivity contribution >= 4 is 27.5 Å². The van der Waals surface area contributed by atoms with Crippen molar-refractivity contribution in [2.45, 2.75) is 43.5 Å². The molecule has 3 N–H and O–H groups in total. The molecule has 2 amide bonds. The molecule has 4 unspecified atom stereocenters.